The van der Waals surface area contributed by atoms with E-state index in [9.17, 15) is 18.0 Å². The molecule has 0 heterocycles. The molecule has 0 aliphatic heterocycles. The molecule has 0 spiro atoms. The molecule has 21 heavy (non-hydrogen) atoms. The van der Waals surface area contributed by atoms with Gasteiger partial charge < -0.3 is 9.84 Å². The fourth-order valence-electron chi connectivity index (χ4n) is 1.60. The van der Waals surface area contributed by atoms with Gasteiger partial charge in [0.05, 0.1) is 5.56 Å². The Balaban J connectivity index is 2.28. The predicted octanol–water partition coefficient (Wildman–Crippen LogP) is 4.96. The number of benzene rings is 2. The number of alkyl halides is 3. The fourth-order valence-corrected chi connectivity index (χ4v) is 1.96. The zero-order chi connectivity index (χ0) is 15.6. The van der Waals surface area contributed by atoms with E-state index in [1.54, 1.807) is 6.07 Å². The largest absolute Gasteiger partial charge is 0.478 e. The Labute approximate surface area is 126 Å². The minimum Gasteiger partial charge on any atom is -0.478 e. The standard InChI is InChI=1S/C14H8BrF3O3/c15-9-3-6-12(11(7-9)13(19)20)21-10-4-1-8(2-5-10)14(16,17)18/h1-7H,(H,19,20). The van der Waals surface area contributed by atoms with E-state index in [1.165, 1.54) is 12.1 Å². The zero-order valence-electron chi connectivity index (χ0n) is 10.3. The number of halogens is 4. The zero-order valence-corrected chi connectivity index (χ0v) is 11.9. The molecule has 0 bridgehead atoms. The first-order valence-corrected chi connectivity index (χ1v) is 6.44. The van der Waals surface area contributed by atoms with E-state index in [0.29, 0.717) is 4.47 Å². The van der Waals surface area contributed by atoms with Gasteiger partial charge >= 0.3 is 12.1 Å². The van der Waals surface area contributed by atoms with Crippen molar-refractivity contribution in [1.82, 2.24) is 0 Å². The van der Waals surface area contributed by atoms with E-state index in [4.69, 9.17) is 9.84 Å². The van der Waals surface area contributed by atoms with Crippen molar-refractivity contribution in [3.05, 3.63) is 58.1 Å². The summed E-state index contributed by atoms with van der Waals surface area (Å²) in [6.45, 7) is 0. The van der Waals surface area contributed by atoms with Crippen LogP contribution in [-0.2, 0) is 6.18 Å². The molecular weight excluding hydrogens is 353 g/mol. The number of ether oxygens (including phenoxy) is 1. The highest BCUT2D eigenvalue weighted by molar-refractivity contribution is 9.10. The van der Waals surface area contributed by atoms with Crippen molar-refractivity contribution in [2.45, 2.75) is 6.18 Å². The van der Waals surface area contributed by atoms with Crippen LogP contribution in [0.4, 0.5) is 13.2 Å². The van der Waals surface area contributed by atoms with Crippen LogP contribution < -0.4 is 4.74 Å². The maximum Gasteiger partial charge on any atom is 0.416 e. The minimum absolute atomic E-state index is 0.0467. The van der Waals surface area contributed by atoms with Crippen molar-refractivity contribution >= 4 is 21.9 Å². The fraction of sp³-hybridized carbons (Fsp3) is 0.0714. The molecular formula is C14H8BrF3O3. The lowest BCUT2D eigenvalue weighted by Gasteiger charge is -2.11. The number of carboxylic acid groups (broad SMARTS) is 1. The van der Waals surface area contributed by atoms with Gasteiger partial charge in [0.25, 0.3) is 0 Å². The Morgan fingerprint density at radius 1 is 1.10 bits per heavy atom. The maximum absolute atomic E-state index is 12.4. The first kappa shape index (κ1) is 15.4. The molecule has 2 aromatic rings. The van der Waals surface area contributed by atoms with Crippen LogP contribution in [0.25, 0.3) is 0 Å². The van der Waals surface area contributed by atoms with Crippen LogP contribution in [0.3, 0.4) is 0 Å². The molecule has 1 N–H and O–H groups in total. The predicted molar refractivity (Wildman–Crippen MR) is 72.6 cm³/mol. The second kappa shape index (κ2) is 5.77. The lowest BCUT2D eigenvalue weighted by Crippen LogP contribution is -2.04. The highest BCUT2D eigenvalue weighted by Gasteiger charge is 2.30. The highest BCUT2D eigenvalue weighted by atomic mass is 79.9. The number of carbonyl (C=O) groups is 1. The van der Waals surface area contributed by atoms with E-state index < -0.39 is 17.7 Å². The molecule has 0 aromatic heterocycles. The molecule has 2 rings (SSSR count). The molecule has 3 nitrogen and oxygen atoms in total. The Hall–Kier alpha value is -2.02. The molecule has 0 saturated heterocycles. The van der Waals surface area contributed by atoms with Crippen LogP contribution in [0, 0.1) is 0 Å². The molecule has 110 valence electrons. The van der Waals surface area contributed by atoms with Gasteiger partial charge in [-0.25, -0.2) is 4.79 Å². The van der Waals surface area contributed by atoms with Crippen LogP contribution >= 0.6 is 15.9 Å². The number of rotatable bonds is 3. The Morgan fingerprint density at radius 2 is 1.71 bits per heavy atom. The number of aromatic carboxylic acids is 1. The summed E-state index contributed by atoms with van der Waals surface area (Å²) in [6.07, 6.45) is -4.43. The average Bonchev–Trinajstić information content (AvgIpc) is 2.40. The second-order valence-corrected chi connectivity index (χ2v) is 4.99. The van der Waals surface area contributed by atoms with Crippen molar-refractivity contribution < 1.29 is 27.8 Å². The van der Waals surface area contributed by atoms with Crippen molar-refractivity contribution in [2.24, 2.45) is 0 Å². The third-order valence-corrected chi connectivity index (χ3v) is 3.07. The molecule has 0 aliphatic rings. The summed E-state index contributed by atoms with van der Waals surface area (Å²) in [5.74, 6) is -1.03. The van der Waals surface area contributed by atoms with E-state index in [0.717, 1.165) is 24.3 Å². The molecule has 0 radical (unpaired) electrons. The number of hydrogen-bond acceptors (Lipinski definition) is 2. The molecule has 0 fully saturated rings. The molecule has 2 aromatic carbocycles. The lowest BCUT2D eigenvalue weighted by molar-refractivity contribution is -0.137. The topological polar surface area (TPSA) is 46.5 Å². The highest BCUT2D eigenvalue weighted by Crippen LogP contribution is 2.32. The quantitative estimate of drug-likeness (QED) is 0.841. The van der Waals surface area contributed by atoms with E-state index in [1.807, 2.05) is 0 Å². The van der Waals surface area contributed by atoms with Gasteiger partial charge in [-0.1, -0.05) is 15.9 Å². The third-order valence-electron chi connectivity index (χ3n) is 2.58. The van der Waals surface area contributed by atoms with Crippen LogP contribution in [0.2, 0.25) is 0 Å². The van der Waals surface area contributed by atoms with Crippen LogP contribution in [0.1, 0.15) is 15.9 Å². The van der Waals surface area contributed by atoms with Gasteiger partial charge in [0, 0.05) is 4.47 Å². The summed E-state index contributed by atoms with van der Waals surface area (Å²) >= 11 is 3.14. The monoisotopic (exact) mass is 360 g/mol. The minimum atomic E-state index is -4.43. The van der Waals surface area contributed by atoms with E-state index in [-0.39, 0.29) is 17.1 Å². The second-order valence-electron chi connectivity index (χ2n) is 4.07. The van der Waals surface area contributed by atoms with Gasteiger partial charge in [0.15, 0.2) is 0 Å². The summed E-state index contributed by atoms with van der Waals surface area (Å²) in [4.78, 5) is 11.1. The van der Waals surface area contributed by atoms with Crippen LogP contribution in [-0.4, -0.2) is 11.1 Å². The number of hydrogen-bond donors (Lipinski definition) is 1. The van der Waals surface area contributed by atoms with Crippen molar-refractivity contribution in [3.8, 4) is 11.5 Å². The van der Waals surface area contributed by atoms with Crippen molar-refractivity contribution in [3.63, 3.8) is 0 Å². The summed E-state index contributed by atoms with van der Waals surface area (Å²) < 4.78 is 43.2. The Morgan fingerprint density at radius 3 is 2.24 bits per heavy atom. The summed E-state index contributed by atoms with van der Waals surface area (Å²) in [5, 5.41) is 9.07. The third kappa shape index (κ3) is 3.75. The molecule has 0 amide bonds. The molecule has 0 atom stereocenters. The van der Waals surface area contributed by atoms with E-state index in [2.05, 4.69) is 15.9 Å². The lowest BCUT2D eigenvalue weighted by atomic mass is 10.2. The summed E-state index contributed by atoms with van der Waals surface area (Å²) in [5.41, 5.74) is -0.895. The average molecular weight is 361 g/mol. The van der Waals surface area contributed by atoms with Crippen molar-refractivity contribution in [2.75, 3.05) is 0 Å². The molecule has 0 saturated carbocycles. The van der Waals surface area contributed by atoms with Crippen LogP contribution in [0.15, 0.2) is 46.9 Å². The molecule has 7 heteroatoms. The number of carboxylic acids is 1. The molecule has 0 aliphatic carbocycles. The summed E-state index contributed by atoms with van der Waals surface area (Å²) in [6, 6.07) is 8.36. The molecule has 0 unspecified atom stereocenters. The van der Waals surface area contributed by atoms with Crippen LogP contribution in [0.5, 0.6) is 11.5 Å². The maximum atomic E-state index is 12.4. The van der Waals surface area contributed by atoms with Gasteiger partial charge in [-0.2, -0.15) is 13.2 Å². The van der Waals surface area contributed by atoms with E-state index >= 15 is 0 Å². The SMILES string of the molecule is O=C(O)c1cc(Br)ccc1Oc1ccc(C(F)(F)F)cc1. The summed E-state index contributed by atoms with van der Waals surface area (Å²) in [7, 11) is 0. The van der Waals surface area contributed by atoms with Gasteiger partial charge in [-0.15, -0.1) is 0 Å². The van der Waals surface area contributed by atoms with Gasteiger partial charge in [-0.3, -0.25) is 0 Å². The Kier molecular flexibility index (Phi) is 4.22. The van der Waals surface area contributed by atoms with Gasteiger partial charge in [-0.05, 0) is 42.5 Å². The van der Waals surface area contributed by atoms with Gasteiger partial charge in [0.2, 0.25) is 0 Å². The smallest absolute Gasteiger partial charge is 0.416 e. The van der Waals surface area contributed by atoms with Gasteiger partial charge in [0.1, 0.15) is 17.1 Å². The Bertz CT molecular complexity index is 666. The normalized spacial score (nSPS) is 11.2. The van der Waals surface area contributed by atoms with Crippen molar-refractivity contribution in [1.29, 1.82) is 0 Å². The first-order valence-electron chi connectivity index (χ1n) is 5.65. The first-order chi connectivity index (χ1) is 9.77.